The van der Waals surface area contributed by atoms with Gasteiger partial charge in [-0.25, -0.2) is 0 Å². The van der Waals surface area contributed by atoms with E-state index in [1.807, 2.05) is 0 Å². The molecule has 1 atom stereocenters. The molecule has 1 fully saturated rings. The van der Waals surface area contributed by atoms with E-state index in [1.165, 1.54) is 4.90 Å². The summed E-state index contributed by atoms with van der Waals surface area (Å²) in [7, 11) is 0. The second-order valence-corrected chi connectivity index (χ2v) is 4.56. The molecule has 19 heavy (non-hydrogen) atoms. The standard InChI is InChI=1S/C12H13N5O2/c1-7-8(2)19-12(10(7)4-13)17-6-9(3-11(17)18)5-15-16-14/h9H,3,5-6H2,1-2H3. The molecule has 1 aliphatic heterocycles. The molecule has 0 spiro atoms. The number of carbonyl (C=O) groups excluding carboxylic acids is 1. The van der Waals surface area contributed by atoms with Crippen LogP contribution >= 0.6 is 0 Å². The molecule has 7 heteroatoms. The Morgan fingerprint density at radius 3 is 3.00 bits per heavy atom. The van der Waals surface area contributed by atoms with Crippen molar-refractivity contribution in [2.24, 2.45) is 11.0 Å². The van der Waals surface area contributed by atoms with Gasteiger partial charge in [-0.15, -0.1) is 0 Å². The van der Waals surface area contributed by atoms with Crippen molar-refractivity contribution in [2.45, 2.75) is 20.3 Å². The highest BCUT2D eigenvalue weighted by molar-refractivity contribution is 5.95. The molecule has 7 nitrogen and oxygen atoms in total. The molecule has 0 aliphatic carbocycles. The van der Waals surface area contributed by atoms with Crippen molar-refractivity contribution >= 4 is 11.8 Å². The van der Waals surface area contributed by atoms with E-state index in [4.69, 9.17) is 15.2 Å². The van der Waals surface area contributed by atoms with Gasteiger partial charge in [0.2, 0.25) is 11.8 Å². The van der Waals surface area contributed by atoms with Gasteiger partial charge in [0.05, 0.1) is 0 Å². The van der Waals surface area contributed by atoms with Crippen LogP contribution in [0, 0.1) is 31.1 Å². The Bertz CT molecular complexity index is 606. The predicted molar refractivity (Wildman–Crippen MR) is 67.4 cm³/mol. The Morgan fingerprint density at radius 2 is 2.37 bits per heavy atom. The number of amides is 1. The Hall–Kier alpha value is -2.45. The predicted octanol–water partition coefficient (Wildman–Crippen LogP) is 2.43. The highest BCUT2D eigenvalue weighted by Crippen LogP contribution is 2.33. The monoisotopic (exact) mass is 259 g/mol. The van der Waals surface area contributed by atoms with Crippen LogP contribution in [0.1, 0.15) is 23.3 Å². The van der Waals surface area contributed by atoms with Gasteiger partial charge in [-0.1, -0.05) is 5.11 Å². The summed E-state index contributed by atoms with van der Waals surface area (Å²) >= 11 is 0. The molecule has 0 saturated carbocycles. The number of hydrogen-bond acceptors (Lipinski definition) is 4. The van der Waals surface area contributed by atoms with Crippen LogP contribution in [-0.4, -0.2) is 19.0 Å². The van der Waals surface area contributed by atoms with Crippen LogP contribution in [0.4, 0.5) is 5.88 Å². The molecule has 1 saturated heterocycles. The molecule has 1 aromatic rings. The average Bonchev–Trinajstić information content (AvgIpc) is 2.88. The summed E-state index contributed by atoms with van der Waals surface area (Å²) in [5.41, 5.74) is 9.45. The summed E-state index contributed by atoms with van der Waals surface area (Å²) in [6.45, 7) is 4.24. The van der Waals surface area contributed by atoms with Gasteiger partial charge < -0.3 is 4.42 Å². The van der Waals surface area contributed by atoms with E-state index < -0.39 is 0 Å². The van der Waals surface area contributed by atoms with Crippen molar-refractivity contribution in [1.29, 1.82) is 5.26 Å². The number of nitriles is 1. The lowest BCUT2D eigenvalue weighted by Gasteiger charge is -2.13. The lowest BCUT2D eigenvalue weighted by molar-refractivity contribution is -0.117. The Kier molecular flexibility index (Phi) is 3.45. The molecule has 1 amide bonds. The lowest BCUT2D eigenvalue weighted by atomic mass is 10.1. The third-order valence-electron chi connectivity index (χ3n) is 3.33. The van der Waals surface area contributed by atoms with Crippen LogP contribution in [0.15, 0.2) is 9.53 Å². The van der Waals surface area contributed by atoms with Gasteiger partial charge >= 0.3 is 0 Å². The van der Waals surface area contributed by atoms with E-state index in [9.17, 15) is 4.79 Å². The minimum absolute atomic E-state index is 0.0272. The zero-order chi connectivity index (χ0) is 14.0. The molecule has 0 aromatic carbocycles. The van der Waals surface area contributed by atoms with Crippen LogP contribution in [0.25, 0.3) is 10.4 Å². The number of nitrogens with zero attached hydrogens (tertiary/aromatic N) is 5. The van der Waals surface area contributed by atoms with Gasteiger partial charge in [-0.3, -0.25) is 9.69 Å². The van der Waals surface area contributed by atoms with E-state index in [0.29, 0.717) is 30.2 Å². The van der Waals surface area contributed by atoms with Crippen molar-refractivity contribution in [2.75, 3.05) is 18.0 Å². The first kappa shape index (κ1) is 13.0. The van der Waals surface area contributed by atoms with E-state index in [2.05, 4.69) is 16.1 Å². The van der Waals surface area contributed by atoms with Crippen molar-refractivity contribution in [3.05, 3.63) is 27.3 Å². The highest BCUT2D eigenvalue weighted by Gasteiger charge is 2.34. The minimum atomic E-state index is -0.108. The Morgan fingerprint density at radius 1 is 1.63 bits per heavy atom. The zero-order valence-electron chi connectivity index (χ0n) is 10.8. The third kappa shape index (κ3) is 2.26. The quantitative estimate of drug-likeness (QED) is 0.472. The van der Waals surface area contributed by atoms with Gasteiger partial charge in [0.25, 0.3) is 0 Å². The average molecular weight is 259 g/mol. The van der Waals surface area contributed by atoms with E-state index in [0.717, 1.165) is 5.56 Å². The molecule has 2 heterocycles. The minimum Gasteiger partial charge on any atom is -0.444 e. The summed E-state index contributed by atoms with van der Waals surface area (Å²) in [5.74, 6) is 0.813. The second-order valence-electron chi connectivity index (χ2n) is 4.56. The normalized spacial score (nSPS) is 18.3. The summed E-state index contributed by atoms with van der Waals surface area (Å²) < 4.78 is 5.52. The largest absolute Gasteiger partial charge is 0.444 e. The van der Waals surface area contributed by atoms with Crippen LogP contribution in [0.2, 0.25) is 0 Å². The molecule has 0 bridgehead atoms. The third-order valence-corrected chi connectivity index (χ3v) is 3.33. The molecule has 98 valence electrons. The van der Waals surface area contributed by atoms with Crippen LogP contribution in [0.3, 0.4) is 0 Å². The fourth-order valence-electron chi connectivity index (χ4n) is 2.18. The van der Waals surface area contributed by atoms with Crippen molar-refractivity contribution < 1.29 is 9.21 Å². The maximum atomic E-state index is 12.0. The second kappa shape index (κ2) is 5.04. The molecule has 1 aliphatic rings. The van der Waals surface area contributed by atoms with Crippen LogP contribution in [0.5, 0.6) is 0 Å². The fourth-order valence-corrected chi connectivity index (χ4v) is 2.18. The van der Waals surface area contributed by atoms with Crippen molar-refractivity contribution in [1.82, 2.24) is 0 Å². The number of azide groups is 1. The van der Waals surface area contributed by atoms with Gasteiger partial charge in [0.15, 0.2) is 0 Å². The Labute approximate surface area is 110 Å². The van der Waals surface area contributed by atoms with Crippen molar-refractivity contribution in [3.8, 4) is 6.07 Å². The van der Waals surface area contributed by atoms with Crippen molar-refractivity contribution in [3.63, 3.8) is 0 Å². The smallest absolute Gasteiger partial charge is 0.229 e. The first-order chi connectivity index (χ1) is 9.08. The number of hydrogen-bond donors (Lipinski definition) is 0. The van der Waals surface area contributed by atoms with Gasteiger partial charge in [-0.2, -0.15) is 5.26 Å². The van der Waals surface area contributed by atoms with Gasteiger partial charge in [0, 0.05) is 30.0 Å². The molecule has 1 aromatic heterocycles. The number of rotatable bonds is 3. The van der Waals surface area contributed by atoms with Crippen LogP contribution in [-0.2, 0) is 4.79 Å². The molecular formula is C12H13N5O2. The Balaban J connectivity index is 2.28. The summed E-state index contributed by atoms with van der Waals surface area (Å²) in [6.07, 6.45) is 0.308. The SMILES string of the molecule is Cc1oc(N2CC(CN=[N+]=[N-])CC2=O)c(C#N)c1C. The van der Waals surface area contributed by atoms with Gasteiger partial charge in [-0.05, 0) is 25.3 Å². The summed E-state index contributed by atoms with van der Waals surface area (Å²) in [5, 5.41) is 12.6. The molecule has 2 rings (SSSR count). The first-order valence-corrected chi connectivity index (χ1v) is 5.89. The number of aryl methyl sites for hydroxylation is 1. The molecule has 1 unspecified atom stereocenters. The first-order valence-electron chi connectivity index (χ1n) is 5.89. The highest BCUT2D eigenvalue weighted by atomic mass is 16.4. The topological polar surface area (TPSA) is 106 Å². The van der Waals surface area contributed by atoms with E-state index in [-0.39, 0.29) is 18.4 Å². The van der Waals surface area contributed by atoms with E-state index >= 15 is 0 Å². The maximum Gasteiger partial charge on any atom is 0.229 e. The lowest BCUT2D eigenvalue weighted by Crippen LogP contribution is -2.25. The molecule has 0 N–H and O–H groups in total. The van der Waals surface area contributed by atoms with E-state index in [1.54, 1.807) is 13.8 Å². The van der Waals surface area contributed by atoms with Gasteiger partial charge in [0.1, 0.15) is 17.4 Å². The van der Waals surface area contributed by atoms with Crippen LogP contribution < -0.4 is 4.90 Å². The summed E-state index contributed by atoms with van der Waals surface area (Å²) in [6, 6.07) is 2.07. The maximum absolute atomic E-state index is 12.0. The summed E-state index contributed by atoms with van der Waals surface area (Å²) in [4.78, 5) is 16.1. The fraction of sp³-hybridized carbons (Fsp3) is 0.500. The zero-order valence-corrected chi connectivity index (χ0v) is 10.8. The number of carbonyl (C=O) groups is 1. The number of furan rings is 1. The molecule has 0 radical (unpaired) electrons. The molecular weight excluding hydrogens is 246 g/mol. The number of anilines is 1.